The van der Waals surface area contributed by atoms with E-state index in [1.54, 1.807) is 46.6 Å². The fraction of sp³-hybridized carbons (Fsp3) is 0.214. The number of carbonyl (C=O) groups excluding carboxylic acids is 2. The summed E-state index contributed by atoms with van der Waals surface area (Å²) in [5.41, 5.74) is 1.87. The quantitative estimate of drug-likeness (QED) is 0.317. The number of rotatable bonds is 8. The van der Waals surface area contributed by atoms with Gasteiger partial charge in [0.05, 0.1) is 37.7 Å². The van der Waals surface area contributed by atoms with E-state index in [0.29, 0.717) is 11.5 Å². The minimum Gasteiger partial charge on any atom is -0.467 e. The number of hydrogen-bond donors (Lipinski definition) is 0. The first-order valence-electron chi connectivity index (χ1n) is 11.3. The van der Waals surface area contributed by atoms with Crippen LogP contribution < -0.4 is 0 Å². The zero-order valence-electron chi connectivity index (χ0n) is 19.3. The van der Waals surface area contributed by atoms with Gasteiger partial charge in [-0.25, -0.2) is 0 Å². The van der Waals surface area contributed by atoms with Crippen LogP contribution in [0.3, 0.4) is 0 Å². The molecule has 0 aliphatic rings. The smallest absolute Gasteiger partial charge is 0.313 e. The van der Waals surface area contributed by atoms with Crippen LogP contribution in [0.5, 0.6) is 0 Å². The molecule has 2 atom stereocenters. The average Bonchev–Trinajstić information content (AvgIpc) is 3.60. The second-order valence-electron chi connectivity index (χ2n) is 8.20. The summed E-state index contributed by atoms with van der Waals surface area (Å²) in [6, 6.07) is 25.8. The molecule has 0 fully saturated rings. The second-order valence-corrected chi connectivity index (χ2v) is 8.20. The van der Waals surface area contributed by atoms with E-state index in [2.05, 4.69) is 0 Å². The third-order valence-electron chi connectivity index (χ3n) is 6.02. The molecule has 174 valence electrons. The Hall–Kier alpha value is -4.06. The highest BCUT2D eigenvalue weighted by Gasteiger charge is 2.34. The lowest BCUT2D eigenvalue weighted by atomic mass is 10.0. The lowest BCUT2D eigenvalue weighted by Crippen LogP contribution is -2.46. The SMILES string of the molecule is C[C@@H](c1ccccc1)N(Cc1ccco1)C(=O)C(=O)N(Cc1ccco1)[C@@H](C)c1ccccc1. The van der Waals surface area contributed by atoms with Crippen LogP contribution in [0.25, 0.3) is 0 Å². The van der Waals surface area contributed by atoms with Crippen LogP contribution in [0.1, 0.15) is 48.6 Å². The molecule has 6 heteroatoms. The molecule has 2 heterocycles. The normalized spacial score (nSPS) is 12.6. The molecule has 6 nitrogen and oxygen atoms in total. The zero-order valence-corrected chi connectivity index (χ0v) is 19.3. The van der Waals surface area contributed by atoms with Gasteiger partial charge < -0.3 is 18.6 Å². The highest BCUT2D eigenvalue weighted by molar-refractivity contribution is 6.35. The molecule has 0 saturated heterocycles. The Kier molecular flexibility index (Phi) is 7.28. The zero-order chi connectivity index (χ0) is 23.9. The van der Waals surface area contributed by atoms with Gasteiger partial charge in [0.15, 0.2) is 0 Å². The number of carbonyl (C=O) groups is 2. The molecule has 2 aromatic heterocycles. The molecule has 0 aliphatic heterocycles. The average molecular weight is 457 g/mol. The summed E-state index contributed by atoms with van der Waals surface area (Å²) < 4.78 is 11.0. The van der Waals surface area contributed by atoms with Crippen molar-refractivity contribution in [2.45, 2.75) is 39.0 Å². The van der Waals surface area contributed by atoms with Crippen molar-refractivity contribution in [3.05, 3.63) is 120 Å². The van der Waals surface area contributed by atoms with Gasteiger partial charge in [0.2, 0.25) is 0 Å². The Morgan fingerprint density at radius 2 is 1.00 bits per heavy atom. The molecule has 2 aromatic carbocycles. The summed E-state index contributed by atoms with van der Waals surface area (Å²) in [5.74, 6) is 0.0272. The minimum atomic E-state index is -0.595. The molecule has 0 radical (unpaired) electrons. The minimum absolute atomic E-state index is 0.182. The van der Waals surface area contributed by atoms with E-state index in [9.17, 15) is 9.59 Å². The van der Waals surface area contributed by atoms with E-state index in [1.807, 2.05) is 74.5 Å². The second kappa shape index (κ2) is 10.7. The van der Waals surface area contributed by atoms with E-state index in [-0.39, 0.29) is 25.2 Å². The number of amides is 2. The van der Waals surface area contributed by atoms with Gasteiger partial charge in [-0.15, -0.1) is 0 Å². The maximum Gasteiger partial charge on any atom is 0.313 e. The van der Waals surface area contributed by atoms with Crippen molar-refractivity contribution in [2.75, 3.05) is 0 Å². The monoisotopic (exact) mass is 456 g/mol. The van der Waals surface area contributed by atoms with Gasteiger partial charge in [0, 0.05) is 0 Å². The maximum absolute atomic E-state index is 13.8. The largest absolute Gasteiger partial charge is 0.467 e. The molecule has 0 aliphatic carbocycles. The summed E-state index contributed by atoms with van der Waals surface area (Å²) >= 11 is 0. The van der Waals surface area contributed by atoms with E-state index in [1.165, 1.54) is 0 Å². The van der Waals surface area contributed by atoms with Gasteiger partial charge in [-0.2, -0.15) is 0 Å². The molecule has 0 bridgehead atoms. The van der Waals surface area contributed by atoms with Crippen molar-refractivity contribution < 1.29 is 18.4 Å². The van der Waals surface area contributed by atoms with Crippen LogP contribution in [0.15, 0.2) is 106 Å². The Labute approximate surface area is 199 Å². The van der Waals surface area contributed by atoms with Gasteiger partial charge in [-0.3, -0.25) is 9.59 Å². The van der Waals surface area contributed by atoms with Crippen LogP contribution in [0.4, 0.5) is 0 Å². The fourth-order valence-corrected chi connectivity index (χ4v) is 3.98. The first kappa shape index (κ1) is 23.1. The predicted octanol–water partition coefficient (Wildman–Crippen LogP) is 5.75. The van der Waals surface area contributed by atoms with Gasteiger partial charge >= 0.3 is 11.8 Å². The Bertz CT molecular complexity index is 1080. The number of nitrogens with zero attached hydrogens (tertiary/aromatic N) is 2. The van der Waals surface area contributed by atoms with Crippen LogP contribution in [0.2, 0.25) is 0 Å². The van der Waals surface area contributed by atoms with Crippen molar-refractivity contribution in [3.8, 4) is 0 Å². The molecular weight excluding hydrogens is 428 g/mol. The third kappa shape index (κ3) is 5.29. The highest BCUT2D eigenvalue weighted by atomic mass is 16.3. The van der Waals surface area contributed by atoms with Crippen molar-refractivity contribution >= 4 is 11.8 Å². The summed E-state index contributed by atoms with van der Waals surface area (Å²) in [6.07, 6.45) is 3.13. The Morgan fingerprint density at radius 3 is 1.32 bits per heavy atom. The van der Waals surface area contributed by atoms with Crippen molar-refractivity contribution in [2.24, 2.45) is 0 Å². The topological polar surface area (TPSA) is 66.9 Å². The van der Waals surface area contributed by atoms with E-state index >= 15 is 0 Å². The lowest BCUT2D eigenvalue weighted by molar-refractivity contribution is -0.155. The third-order valence-corrected chi connectivity index (χ3v) is 6.02. The first-order chi connectivity index (χ1) is 16.5. The van der Waals surface area contributed by atoms with E-state index < -0.39 is 11.8 Å². The van der Waals surface area contributed by atoms with Crippen molar-refractivity contribution in [1.82, 2.24) is 9.80 Å². The van der Waals surface area contributed by atoms with Gasteiger partial charge in [-0.05, 0) is 49.2 Å². The fourth-order valence-electron chi connectivity index (χ4n) is 3.98. The highest BCUT2D eigenvalue weighted by Crippen LogP contribution is 2.27. The molecule has 4 rings (SSSR count). The van der Waals surface area contributed by atoms with Crippen molar-refractivity contribution in [3.63, 3.8) is 0 Å². The summed E-state index contributed by atoms with van der Waals surface area (Å²) in [5, 5.41) is 0. The number of furan rings is 2. The molecule has 2 amide bonds. The van der Waals surface area contributed by atoms with E-state index in [4.69, 9.17) is 8.83 Å². The molecule has 0 spiro atoms. The lowest BCUT2D eigenvalue weighted by Gasteiger charge is -2.33. The first-order valence-corrected chi connectivity index (χ1v) is 11.3. The predicted molar refractivity (Wildman–Crippen MR) is 128 cm³/mol. The Morgan fingerprint density at radius 1 is 0.618 bits per heavy atom. The van der Waals surface area contributed by atoms with E-state index in [0.717, 1.165) is 11.1 Å². The molecule has 0 unspecified atom stereocenters. The number of benzene rings is 2. The van der Waals surface area contributed by atoms with Crippen molar-refractivity contribution in [1.29, 1.82) is 0 Å². The Balaban J connectivity index is 1.66. The molecule has 0 N–H and O–H groups in total. The molecule has 34 heavy (non-hydrogen) atoms. The molecule has 4 aromatic rings. The standard InChI is InChI=1S/C28H28N2O4/c1-21(23-11-5-3-6-12-23)29(19-25-15-9-17-33-25)27(31)28(32)30(20-26-16-10-18-34-26)22(2)24-13-7-4-8-14-24/h3-18,21-22H,19-20H2,1-2H3/t21-,22-/m0/s1. The van der Waals surface area contributed by atoms with Gasteiger partial charge in [0.25, 0.3) is 0 Å². The van der Waals surface area contributed by atoms with Crippen LogP contribution in [0, 0.1) is 0 Å². The van der Waals surface area contributed by atoms with Gasteiger partial charge in [-0.1, -0.05) is 60.7 Å². The van der Waals surface area contributed by atoms with Crippen LogP contribution in [-0.4, -0.2) is 21.6 Å². The summed E-state index contributed by atoms with van der Waals surface area (Å²) in [4.78, 5) is 30.6. The maximum atomic E-state index is 13.8. The van der Waals surface area contributed by atoms with Gasteiger partial charge in [0.1, 0.15) is 11.5 Å². The van der Waals surface area contributed by atoms with Crippen LogP contribution >= 0.6 is 0 Å². The molecular formula is C28H28N2O4. The molecule has 0 saturated carbocycles. The number of hydrogen-bond acceptors (Lipinski definition) is 4. The van der Waals surface area contributed by atoms with Crippen LogP contribution in [-0.2, 0) is 22.7 Å². The summed E-state index contributed by atoms with van der Waals surface area (Å²) in [6.45, 7) is 4.20. The summed E-state index contributed by atoms with van der Waals surface area (Å²) in [7, 11) is 0.